The maximum absolute atomic E-state index is 13.4. The summed E-state index contributed by atoms with van der Waals surface area (Å²) in [6, 6.07) is 8.64. The van der Waals surface area contributed by atoms with Gasteiger partial charge in [-0.15, -0.1) is 0 Å². The van der Waals surface area contributed by atoms with E-state index in [1.165, 1.54) is 6.33 Å². The maximum atomic E-state index is 13.4. The second-order valence-electron chi connectivity index (χ2n) is 5.72. The lowest BCUT2D eigenvalue weighted by atomic mass is 10.2. The van der Waals surface area contributed by atoms with Crippen LogP contribution in [-0.2, 0) is 0 Å². The van der Waals surface area contributed by atoms with Crippen molar-refractivity contribution in [1.29, 1.82) is 0 Å². The number of hydrogen-bond acceptors (Lipinski definition) is 3. The molecule has 0 aliphatic heterocycles. The summed E-state index contributed by atoms with van der Waals surface area (Å²) < 4.78 is 34.7. The highest BCUT2D eigenvalue weighted by molar-refractivity contribution is 9.10. The van der Waals surface area contributed by atoms with Crippen LogP contribution < -0.4 is 4.74 Å². The van der Waals surface area contributed by atoms with Gasteiger partial charge >= 0.3 is 0 Å². The van der Waals surface area contributed by atoms with E-state index in [1.54, 1.807) is 10.8 Å². The number of alkyl halides is 2. The van der Waals surface area contributed by atoms with Gasteiger partial charge in [-0.05, 0) is 37.6 Å². The largest absolute Gasteiger partial charge is 0.482 e. The molecule has 0 aliphatic carbocycles. The molecule has 4 nitrogen and oxygen atoms in total. The van der Waals surface area contributed by atoms with E-state index in [0.29, 0.717) is 16.8 Å². The number of benzene rings is 1. The summed E-state index contributed by atoms with van der Waals surface area (Å²) in [5.74, 6) is 0.553. The van der Waals surface area contributed by atoms with Crippen LogP contribution in [0.15, 0.2) is 47.3 Å². The summed E-state index contributed by atoms with van der Waals surface area (Å²) >= 11 is 3.44. The maximum Gasteiger partial charge on any atom is 0.147 e. The van der Waals surface area contributed by atoms with Crippen molar-refractivity contribution in [1.82, 2.24) is 14.5 Å². The average Bonchev–Trinajstić information content (AvgIpc) is 3.04. The van der Waals surface area contributed by atoms with Gasteiger partial charge in [-0.25, -0.2) is 9.37 Å². The Balaban J connectivity index is 2.02. The van der Waals surface area contributed by atoms with Crippen LogP contribution in [0.1, 0.15) is 31.2 Å². The number of ether oxygens (including phenoxy) is 1. The zero-order valence-electron chi connectivity index (χ0n) is 13.7. The minimum Gasteiger partial charge on any atom is -0.482 e. The molecule has 2 aromatic heterocycles. The lowest BCUT2D eigenvalue weighted by molar-refractivity contribution is 0.222. The summed E-state index contributed by atoms with van der Waals surface area (Å²) in [6.07, 6.45) is 3.03. The Bertz CT molecular complexity index is 841. The molecule has 132 valence electrons. The highest BCUT2D eigenvalue weighted by Gasteiger charge is 2.19. The molecular weight excluding hydrogens is 392 g/mol. The zero-order valence-corrected chi connectivity index (χ0v) is 15.3. The Kier molecular flexibility index (Phi) is 5.63. The zero-order chi connectivity index (χ0) is 17.8. The van der Waals surface area contributed by atoms with E-state index in [1.807, 2.05) is 37.3 Å². The molecule has 3 aromatic rings. The normalized spacial score (nSPS) is 13.8. The second kappa shape index (κ2) is 7.91. The number of fused-ring (bicyclic) bond motifs is 1. The number of halogens is 3. The molecule has 2 heterocycles. The van der Waals surface area contributed by atoms with Gasteiger partial charge in [-0.3, -0.25) is 9.37 Å². The molecule has 0 saturated heterocycles. The average molecular weight is 410 g/mol. The Morgan fingerprint density at radius 3 is 2.76 bits per heavy atom. The van der Waals surface area contributed by atoms with Crippen LogP contribution in [0.4, 0.5) is 8.78 Å². The Morgan fingerprint density at radius 1 is 1.24 bits per heavy atom. The third-order valence-electron chi connectivity index (χ3n) is 4.02. The standard InChI is InChI=1S/C18H18BrF2N3O/c1-12(15-4-2-3-7-22-15)25-17-9-13(19)8-16-18(17)24(11-23-16)14(10-21)5-6-20/h2-4,7-9,11-12,14H,5-6,10H2,1H3/t12-,14?/m1/s1. The van der Waals surface area contributed by atoms with E-state index in [9.17, 15) is 8.78 Å². The van der Waals surface area contributed by atoms with Gasteiger partial charge in [-0.2, -0.15) is 0 Å². The number of aromatic nitrogens is 3. The van der Waals surface area contributed by atoms with E-state index in [-0.39, 0.29) is 12.5 Å². The van der Waals surface area contributed by atoms with E-state index >= 15 is 0 Å². The highest BCUT2D eigenvalue weighted by Crippen LogP contribution is 2.34. The Morgan fingerprint density at radius 2 is 2.08 bits per heavy atom. The van der Waals surface area contributed by atoms with Crippen molar-refractivity contribution in [2.75, 3.05) is 13.3 Å². The third kappa shape index (κ3) is 3.81. The van der Waals surface area contributed by atoms with Gasteiger partial charge in [0.05, 0.1) is 30.3 Å². The number of pyridine rings is 1. The van der Waals surface area contributed by atoms with Crippen molar-refractivity contribution in [2.24, 2.45) is 0 Å². The fourth-order valence-electron chi connectivity index (χ4n) is 2.75. The molecule has 25 heavy (non-hydrogen) atoms. The molecule has 1 aromatic carbocycles. The SMILES string of the molecule is C[C@@H](Oc1cc(Br)cc2ncn(C(CF)CCF)c12)c1ccccn1. The van der Waals surface area contributed by atoms with Crippen LogP contribution in [0.5, 0.6) is 5.75 Å². The van der Waals surface area contributed by atoms with Gasteiger partial charge < -0.3 is 9.30 Å². The van der Waals surface area contributed by atoms with Gasteiger partial charge in [0.2, 0.25) is 0 Å². The fraction of sp³-hybridized carbons (Fsp3) is 0.333. The molecule has 1 unspecified atom stereocenters. The van der Waals surface area contributed by atoms with E-state index in [2.05, 4.69) is 25.9 Å². The fourth-order valence-corrected chi connectivity index (χ4v) is 3.18. The minimum atomic E-state index is -0.666. The van der Waals surface area contributed by atoms with Crippen LogP contribution in [0.2, 0.25) is 0 Å². The molecule has 0 spiro atoms. The summed E-state index contributed by atoms with van der Waals surface area (Å²) in [5, 5.41) is 0. The van der Waals surface area contributed by atoms with Crippen LogP contribution in [0.3, 0.4) is 0 Å². The first-order chi connectivity index (χ1) is 12.1. The van der Waals surface area contributed by atoms with E-state index in [0.717, 1.165) is 10.2 Å². The molecule has 0 aliphatic rings. The molecule has 0 radical (unpaired) electrons. The lowest BCUT2D eigenvalue weighted by Gasteiger charge is -2.19. The van der Waals surface area contributed by atoms with Crippen molar-refractivity contribution in [3.63, 3.8) is 0 Å². The van der Waals surface area contributed by atoms with Gasteiger partial charge in [0.15, 0.2) is 0 Å². The first-order valence-corrected chi connectivity index (χ1v) is 8.79. The number of rotatable bonds is 7. The van der Waals surface area contributed by atoms with Crippen LogP contribution in [0, 0.1) is 0 Å². The van der Waals surface area contributed by atoms with E-state index < -0.39 is 19.4 Å². The molecule has 2 atom stereocenters. The first-order valence-electron chi connectivity index (χ1n) is 7.99. The topological polar surface area (TPSA) is 39.9 Å². The van der Waals surface area contributed by atoms with Gasteiger partial charge in [0, 0.05) is 10.7 Å². The minimum absolute atomic E-state index is 0.0905. The predicted molar refractivity (Wildman–Crippen MR) is 96.3 cm³/mol. The quantitative estimate of drug-likeness (QED) is 0.537. The molecule has 3 rings (SSSR count). The van der Waals surface area contributed by atoms with Crippen molar-refractivity contribution in [3.8, 4) is 5.75 Å². The monoisotopic (exact) mass is 409 g/mol. The summed E-state index contributed by atoms with van der Waals surface area (Å²) in [7, 11) is 0. The Labute approximate surface area is 153 Å². The first kappa shape index (κ1) is 17.8. The molecule has 7 heteroatoms. The van der Waals surface area contributed by atoms with E-state index in [4.69, 9.17) is 4.74 Å². The highest BCUT2D eigenvalue weighted by atomic mass is 79.9. The number of imidazole rings is 1. The molecule has 0 N–H and O–H groups in total. The predicted octanol–water partition coefficient (Wildman–Crippen LogP) is 5.20. The van der Waals surface area contributed by atoms with Crippen LogP contribution in [-0.4, -0.2) is 27.9 Å². The summed E-state index contributed by atoms with van der Waals surface area (Å²) in [6.45, 7) is 0.635. The van der Waals surface area contributed by atoms with Crippen LogP contribution >= 0.6 is 15.9 Å². The third-order valence-corrected chi connectivity index (χ3v) is 4.48. The van der Waals surface area contributed by atoms with Crippen molar-refractivity contribution in [2.45, 2.75) is 25.5 Å². The second-order valence-corrected chi connectivity index (χ2v) is 6.64. The lowest BCUT2D eigenvalue weighted by Crippen LogP contribution is -2.12. The molecular formula is C18H18BrF2N3O. The van der Waals surface area contributed by atoms with Gasteiger partial charge in [0.1, 0.15) is 24.0 Å². The summed E-state index contributed by atoms with van der Waals surface area (Å²) in [5.41, 5.74) is 2.10. The smallest absolute Gasteiger partial charge is 0.147 e. The van der Waals surface area contributed by atoms with Crippen molar-refractivity contribution < 1.29 is 13.5 Å². The van der Waals surface area contributed by atoms with Crippen molar-refractivity contribution >= 4 is 27.0 Å². The van der Waals surface area contributed by atoms with Gasteiger partial charge in [-0.1, -0.05) is 22.0 Å². The molecule has 0 saturated carbocycles. The van der Waals surface area contributed by atoms with Gasteiger partial charge in [0.25, 0.3) is 0 Å². The molecule has 0 amide bonds. The van der Waals surface area contributed by atoms with Crippen LogP contribution in [0.25, 0.3) is 11.0 Å². The molecule has 0 bridgehead atoms. The van der Waals surface area contributed by atoms with Crippen molar-refractivity contribution in [3.05, 3.63) is 53.0 Å². The molecule has 0 fully saturated rings. The number of hydrogen-bond donors (Lipinski definition) is 0. The Hall–Kier alpha value is -2.02. The summed E-state index contributed by atoms with van der Waals surface area (Å²) in [4.78, 5) is 8.62. The number of nitrogens with zero attached hydrogens (tertiary/aromatic N) is 3.